The first-order valence-electron chi connectivity index (χ1n) is 7.97. The fraction of sp³-hybridized carbons (Fsp3) is 0.105. The first-order chi connectivity index (χ1) is 13.3. The third kappa shape index (κ3) is 4.40. The molecule has 1 fully saturated rings. The van der Waals surface area contributed by atoms with Gasteiger partial charge in [0.2, 0.25) is 0 Å². The van der Waals surface area contributed by atoms with E-state index in [0.717, 1.165) is 5.56 Å². The highest BCUT2D eigenvalue weighted by Gasteiger charge is 2.30. The zero-order valence-corrected chi connectivity index (χ0v) is 17.6. The lowest BCUT2D eigenvalue weighted by molar-refractivity contribution is -0.128. The minimum absolute atomic E-state index is 0.0518. The molecule has 0 radical (unpaired) electrons. The molecule has 3 rings (SSSR count). The summed E-state index contributed by atoms with van der Waals surface area (Å²) in [6.07, 6.45) is 1.43. The Kier molecular flexibility index (Phi) is 6.12. The Bertz CT molecular complexity index is 988. The number of nitrogens with one attached hydrogen (secondary N) is 1. The molecule has 0 saturated carbocycles. The molecular weight excluding hydrogens is 471 g/mol. The van der Waals surface area contributed by atoms with Crippen molar-refractivity contribution in [1.82, 2.24) is 10.2 Å². The molecule has 2 aromatic carbocycles. The number of likely N-dealkylation sites (N-methyl/N-ethyl adjacent to an activating group) is 1. The van der Waals surface area contributed by atoms with Gasteiger partial charge in [0.1, 0.15) is 18.0 Å². The molecule has 0 spiro atoms. The van der Waals surface area contributed by atoms with Gasteiger partial charge in [-0.05, 0) is 69.6 Å². The number of nitrogens with zero attached hydrogens (tertiary/aromatic N) is 1. The number of benzene rings is 2. The van der Waals surface area contributed by atoms with E-state index in [9.17, 15) is 14.0 Å². The molecule has 9 heteroatoms. The van der Waals surface area contributed by atoms with Crippen molar-refractivity contribution in [1.29, 1.82) is 0 Å². The van der Waals surface area contributed by atoms with Gasteiger partial charge < -0.3 is 4.74 Å². The second-order valence-electron chi connectivity index (χ2n) is 5.91. The Morgan fingerprint density at radius 2 is 1.96 bits per heavy atom. The largest absolute Gasteiger partial charge is 0.486 e. The van der Waals surface area contributed by atoms with Crippen LogP contribution in [0.15, 0.2) is 46.4 Å². The van der Waals surface area contributed by atoms with Gasteiger partial charge in [0.05, 0.1) is 9.50 Å². The zero-order chi connectivity index (χ0) is 20.4. The maximum Gasteiger partial charge on any atom is 0.265 e. The SMILES string of the molecule is CN1C(=O)/C(=C/c2cc(Cl)c(OCc3ccc(F)cc3)c(Br)c2)C(=O)NC1=S. The highest BCUT2D eigenvalue weighted by atomic mass is 79.9. The van der Waals surface area contributed by atoms with Crippen molar-refractivity contribution in [2.75, 3.05) is 7.05 Å². The monoisotopic (exact) mass is 482 g/mol. The zero-order valence-electron chi connectivity index (χ0n) is 14.5. The summed E-state index contributed by atoms with van der Waals surface area (Å²) < 4.78 is 19.2. The number of ether oxygens (including phenoxy) is 1. The quantitative estimate of drug-likeness (QED) is 0.405. The first kappa shape index (κ1) is 20.4. The van der Waals surface area contributed by atoms with E-state index in [2.05, 4.69) is 21.2 Å². The van der Waals surface area contributed by atoms with E-state index in [1.165, 1.54) is 30.2 Å². The predicted molar refractivity (Wildman–Crippen MR) is 111 cm³/mol. The molecule has 1 heterocycles. The van der Waals surface area contributed by atoms with Crippen LogP contribution in [0.1, 0.15) is 11.1 Å². The molecular formula is C19H13BrClFN2O3S. The van der Waals surface area contributed by atoms with E-state index < -0.39 is 11.8 Å². The summed E-state index contributed by atoms with van der Waals surface area (Å²) in [5.74, 6) is -1.01. The summed E-state index contributed by atoms with van der Waals surface area (Å²) >= 11 is 14.6. The van der Waals surface area contributed by atoms with Gasteiger partial charge in [-0.25, -0.2) is 4.39 Å². The van der Waals surface area contributed by atoms with Crippen LogP contribution in [0.2, 0.25) is 5.02 Å². The lowest BCUT2D eigenvalue weighted by Gasteiger charge is -2.25. The van der Waals surface area contributed by atoms with E-state index in [-0.39, 0.29) is 28.1 Å². The topological polar surface area (TPSA) is 58.6 Å². The molecule has 0 bridgehead atoms. The molecule has 0 aliphatic carbocycles. The Morgan fingerprint density at radius 3 is 2.61 bits per heavy atom. The van der Waals surface area contributed by atoms with Crippen LogP contribution in [0, 0.1) is 5.82 Å². The maximum absolute atomic E-state index is 13.0. The number of hydrogen-bond acceptors (Lipinski definition) is 4. The summed E-state index contributed by atoms with van der Waals surface area (Å²) in [7, 11) is 1.48. The van der Waals surface area contributed by atoms with Crippen LogP contribution in [0.5, 0.6) is 5.75 Å². The van der Waals surface area contributed by atoms with Crippen molar-refractivity contribution < 1.29 is 18.7 Å². The molecule has 0 atom stereocenters. The molecule has 144 valence electrons. The fourth-order valence-electron chi connectivity index (χ4n) is 2.45. The van der Waals surface area contributed by atoms with Gasteiger partial charge >= 0.3 is 0 Å². The molecule has 0 unspecified atom stereocenters. The third-order valence-electron chi connectivity index (χ3n) is 3.93. The summed E-state index contributed by atoms with van der Waals surface area (Å²) in [5.41, 5.74) is 1.25. The van der Waals surface area contributed by atoms with E-state index in [1.807, 2.05) is 0 Å². The predicted octanol–water partition coefficient (Wildman–Crippen LogP) is 4.08. The number of hydrogen-bond donors (Lipinski definition) is 1. The number of amides is 2. The highest BCUT2D eigenvalue weighted by Crippen LogP contribution is 2.36. The Balaban J connectivity index is 1.83. The van der Waals surface area contributed by atoms with Crippen LogP contribution in [0.3, 0.4) is 0 Å². The Morgan fingerprint density at radius 1 is 1.29 bits per heavy atom. The maximum atomic E-state index is 13.0. The lowest BCUT2D eigenvalue weighted by atomic mass is 10.1. The summed E-state index contributed by atoms with van der Waals surface area (Å²) in [5, 5.41) is 2.79. The smallest absolute Gasteiger partial charge is 0.265 e. The van der Waals surface area contributed by atoms with E-state index in [1.54, 1.807) is 24.3 Å². The van der Waals surface area contributed by atoms with Crippen molar-refractivity contribution in [2.45, 2.75) is 6.61 Å². The van der Waals surface area contributed by atoms with Gasteiger partial charge in [-0.15, -0.1) is 0 Å². The summed E-state index contributed by atoms with van der Waals surface area (Å²) in [6, 6.07) is 9.17. The fourth-order valence-corrected chi connectivity index (χ4v) is 3.61. The van der Waals surface area contributed by atoms with Gasteiger partial charge in [0.15, 0.2) is 10.9 Å². The van der Waals surface area contributed by atoms with Crippen LogP contribution in [-0.2, 0) is 16.2 Å². The van der Waals surface area contributed by atoms with E-state index in [4.69, 9.17) is 28.6 Å². The minimum Gasteiger partial charge on any atom is -0.486 e. The van der Waals surface area contributed by atoms with Gasteiger partial charge in [-0.2, -0.15) is 0 Å². The second kappa shape index (κ2) is 8.38. The number of rotatable bonds is 4. The molecule has 2 amide bonds. The van der Waals surface area contributed by atoms with Crippen molar-refractivity contribution >= 4 is 62.8 Å². The number of carbonyl (C=O) groups is 2. The highest BCUT2D eigenvalue weighted by molar-refractivity contribution is 9.10. The summed E-state index contributed by atoms with van der Waals surface area (Å²) in [4.78, 5) is 25.5. The van der Waals surface area contributed by atoms with Crippen LogP contribution in [0.25, 0.3) is 6.08 Å². The number of thiocarbonyl (C=S) groups is 1. The molecule has 2 aromatic rings. The molecule has 1 aliphatic rings. The van der Waals surface area contributed by atoms with E-state index >= 15 is 0 Å². The van der Waals surface area contributed by atoms with Gasteiger partial charge in [-0.1, -0.05) is 23.7 Å². The van der Waals surface area contributed by atoms with Crippen LogP contribution in [-0.4, -0.2) is 28.9 Å². The van der Waals surface area contributed by atoms with Crippen molar-refractivity contribution in [3.63, 3.8) is 0 Å². The summed E-state index contributed by atoms with van der Waals surface area (Å²) in [6.45, 7) is 0.197. The van der Waals surface area contributed by atoms with Gasteiger partial charge in [0.25, 0.3) is 11.8 Å². The minimum atomic E-state index is -0.572. The molecule has 1 aliphatic heterocycles. The molecule has 1 N–H and O–H groups in total. The normalized spacial score (nSPS) is 15.8. The average molecular weight is 484 g/mol. The molecule has 0 aromatic heterocycles. The van der Waals surface area contributed by atoms with Crippen LogP contribution in [0.4, 0.5) is 4.39 Å². The Labute approximate surface area is 179 Å². The standard InChI is InChI=1S/C19H13BrClFN2O3S/c1-24-18(26)13(17(25)23-19(24)28)6-11-7-14(20)16(15(21)8-11)27-9-10-2-4-12(22)5-3-10/h2-8H,9H2,1H3,(H,23,25,28)/b13-6+. The molecule has 28 heavy (non-hydrogen) atoms. The lowest BCUT2D eigenvalue weighted by Crippen LogP contribution is -2.52. The number of carbonyl (C=O) groups excluding carboxylic acids is 2. The Hall–Kier alpha value is -2.29. The second-order valence-corrected chi connectivity index (χ2v) is 7.56. The van der Waals surface area contributed by atoms with Crippen LogP contribution < -0.4 is 10.1 Å². The number of halogens is 3. The molecule has 1 saturated heterocycles. The average Bonchev–Trinajstić information content (AvgIpc) is 2.64. The van der Waals surface area contributed by atoms with E-state index in [0.29, 0.717) is 15.8 Å². The van der Waals surface area contributed by atoms with Gasteiger partial charge in [0, 0.05) is 7.05 Å². The van der Waals surface area contributed by atoms with Crippen molar-refractivity contribution in [3.8, 4) is 5.75 Å². The van der Waals surface area contributed by atoms with Gasteiger partial charge in [-0.3, -0.25) is 19.8 Å². The third-order valence-corrected chi connectivity index (χ3v) is 5.18. The molecule has 5 nitrogen and oxygen atoms in total. The van der Waals surface area contributed by atoms with Crippen molar-refractivity contribution in [2.24, 2.45) is 0 Å². The van der Waals surface area contributed by atoms with Crippen LogP contribution >= 0.6 is 39.7 Å². The first-order valence-corrected chi connectivity index (χ1v) is 9.55. The van der Waals surface area contributed by atoms with Crippen molar-refractivity contribution in [3.05, 3.63) is 68.4 Å².